The number of carboxylic acid groups (broad SMARTS) is 1. The zero-order chi connectivity index (χ0) is 42.0. The first kappa shape index (κ1) is 41.1. The first-order chi connectivity index (χ1) is 28.2. The lowest BCUT2D eigenvalue weighted by molar-refractivity contribution is -0.141. The SMILES string of the molecule is Cc1cc(C)c(C(C)(C)[C@H](NC(=O)OCC2c3ccccc3-c3ccccc32)C(=O)O)c(OCc2ccc(O[Si](c3ccccc3)(c3ccccc3)C(C)(C)C)cc2)c1. The van der Waals surface area contributed by atoms with E-state index in [-0.39, 0.29) is 24.2 Å². The molecule has 0 saturated heterocycles. The molecule has 6 aromatic rings. The van der Waals surface area contributed by atoms with Crippen molar-refractivity contribution in [3.63, 3.8) is 0 Å². The van der Waals surface area contributed by atoms with E-state index >= 15 is 0 Å². The van der Waals surface area contributed by atoms with E-state index in [1.54, 1.807) is 0 Å². The number of aryl methyl sites for hydroxylation is 2. The zero-order valence-corrected chi connectivity index (χ0v) is 35.9. The fourth-order valence-electron chi connectivity index (χ4n) is 8.96. The molecule has 7 nitrogen and oxygen atoms in total. The van der Waals surface area contributed by atoms with Gasteiger partial charge in [0.15, 0.2) is 0 Å². The van der Waals surface area contributed by atoms with E-state index < -0.39 is 31.8 Å². The molecule has 1 aliphatic rings. The molecule has 59 heavy (non-hydrogen) atoms. The van der Waals surface area contributed by atoms with Crippen LogP contribution in [0.25, 0.3) is 11.1 Å². The average Bonchev–Trinajstić information content (AvgIpc) is 3.53. The van der Waals surface area contributed by atoms with Gasteiger partial charge in [0, 0.05) is 16.9 Å². The summed E-state index contributed by atoms with van der Waals surface area (Å²) in [6, 6.07) is 47.9. The highest BCUT2D eigenvalue weighted by Crippen LogP contribution is 2.45. The van der Waals surface area contributed by atoms with Gasteiger partial charge in [0.25, 0.3) is 0 Å². The molecular formula is C51H53NO6Si. The van der Waals surface area contributed by atoms with Gasteiger partial charge >= 0.3 is 20.4 Å². The molecule has 0 radical (unpaired) electrons. The van der Waals surface area contributed by atoms with Gasteiger partial charge in [0.1, 0.15) is 30.8 Å². The van der Waals surface area contributed by atoms with Crippen molar-refractivity contribution >= 4 is 30.8 Å². The van der Waals surface area contributed by atoms with Crippen molar-refractivity contribution < 1.29 is 28.6 Å². The van der Waals surface area contributed by atoms with E-state index in [2.05, 4.69) is 86.8 Å². The first-order valence-electron chi connectivity index (χ1n) is 20.2. The lowest BCUT2D eigenvalue weighted by atomic mass is 9.75. The number of aliphatic carboxylic acids is 1. The maximum absolute atomic E-state index is 13.4. The van der Waals surface area contributed by atoms with Crippen LogP contribution in [-0.2, 0) is 21.6 Å². The summed E-state index contributed by atoms with van der Waals surface area (Å²) in [6.07, 6.45) is -0.792. The van der Waals surface area contributed by atoms with E-state index in [0.717, 1.165) is 44.7 Å². The van der Waals surface area contributed by atoms with Crippen LogP contribution < -0.4 is 24.9 Å². The Labute approximate surface area is 349 Å². The molecular weight excluding hydrogens is 751 g/mol. The van der Waals surface area contributed by atoms with Crippen LogP contribution in [0.15, 0.2) is 146 Å². The highest BCUT2D eigenvalue weighted by molar-refractivity contribution is 7.00. The van der Waals surface area contributed by atoms with E-state index in [9.17, 15) is 14.7 Å². The summed E-state index contributed by atoms with van der Waals surface area (Å²) in [5.41, 5.74) is 6.74. The van der Waals surface area contributed by atoms with Crippen LogP contribution in [0.5, 0.6) is 11.5 Å². The Kier molecular flexibility index (Phi) is 11.6. The van der Waals surface area contributed by atoms with Crippen LogP contribution in [0, 0.1) is 13.8 Å². The fraction of sp³-hybridized carbons (Fsp3) is 0.255. The van der Waals surface area contributed by atoms with Gasteiger partial charge in [-0.3, -0.25) is 0 Å². The largest absolute Gasteiger partial charge is 0.534 e. The molecule has 1 amide bonds. The van der Waals surface area contributed by atoms with Crippen molar-refractivity contribution in [2.24, 2.45) is 0 Å². The number of hydrogen-bond donors (Lipinski definition) is 2. The molecule has 0 bridgehead atoms. The Morgan fingerprint density at radius 1 is 0.712 bits per heavy atom. The van der Waals surface area contributed by atoms with Crippen molar-refractivity contribution in [2.75, 3.05) is 6.61 Å². The number of benzene rings is 6. The number of amides is 1. The summed E-state index contributed by atoms with van der Waals surface area (Å²) in [6.45, 7) is 14.6. The van der Waals surface area contributed by atoms with Gasteiger partial charge in [-0.25, -0.2) is 9.59 Å². The number of fused-ring (bicyclic) bond motifs is 3. The number of nitrogens with one attached hydrogen (secondary N) is 1. The first-order valence-corrected chi connectivity index (χ1v) is 22.1. The number of carbonyl (C=O) groups is 2. The maximum atomic E-state index is 13.4. The minimum atomic E-state index is -2.81. The van der Waals surface area contributed by atoms with Crippen LogP contribution in [0.3, 0.4) is 0 Å². The third-order valence-electron chi connectivity index (χ3n) is 11.7. The van der Waals surface area contributed by atoms with E-state index in [4.69, 9.17) is 13.9 Å². The summed E-state index contributed by atoms with van der Waals surface area (Å²) >= 11 is 0. The topological polar surface area (TPSA) is 94.1 Å². The smallest absolute Gasteiger partial charge is 0.407 e. The number of hydrogen-bond acceptors (Lipinski definition) is 5. The molecule has 6 aromatic carbocycles. The zero-order valence-electron chi connectivity index (χ0n) is 34.9. The Morgan fingerprint density at radius 2 is 1.24 bits per heavy atom. The molecule has 1 aliphatic carbocycles. The second-order valence-corrected chi connectivity index (χ2v) is 21.3. The van der Waals surface area contributed by atoms with E-state index in [1.165, 1.54) is 10.4 Å². The Balaban J connectivity index is 1.09. The average molecular weight is 804 g/mol. The highest BCUT2D eigenvalue weighted by atomic mass is 28.4. The number of rotatable bonds is 13. The number of alkyl carbamates (subject to hydrolysis) is 1. The molecule has 0 aliphatic heterocycles. The van der Waals surface area contributed by atoms with Crippen LogP contribution in [0.4, 0.5) is 4.79 Å². The number of ether oxygens (including phenoxy) is 2. The van der Waals surface area contributed by atoms with Gasteiger partial charge in [0.05, 0.1) is 0 Å². The van der Waals surface area contributed by atoms with Gasteiger partial charge in [-0.15, -0.1) is 0 Å². The molecule has 0 fully saturated rings. The standard InChI is InChI=1S/C51H53NO6Si/c1-34-30-35(2)46(51(6,7)47(48(53)54)52-49(55)57-33-44-42-24-16-14-22-40(42)41-23-15-17-25-43(41)44)45(31-34)56-32-36-26-28-37(29-27-36)58-59(50(3,4)5,38-18-10-8-11-19-38)39-20-12-9-13-21-39/h8-31,44,47H,32-33H2,1-7H3,(H,52,55)(H,53,54)/t47-/m1/s1. The molecule has 1 atom stereocenters. The highest BCUT2D eigenvalue weighted by Gasteiger charge is 2.52. The van der Waals surface area contributed by atoms with Crippen molar-refractivity contribution in [1.29, 1.82) is 0 Å². The van der Waals surface area contributed by atoms with Crippen LogP contribution in [0.1, 0.15) is 73.9 Å². The Bertz CT molecular complexity index is 2350. The molecule has 0 saturated carbocycles. The number of carboxylic acids is 1. The molecule has 0 aromatic heterocycles. The van der Waals surface area contributed by atoms with Crippen molar-refractivity contribution in [3.8, 4) is 22.6 Å². The van der Waals surface area contributed by atoms with Crippen molar-refractivity contribution in [2.45, 2.75) is 77.5 Å². The third-order valence-corrected chi connectivity index (χ3v) is 16.6. The molecule has 0 spiro atoms. The van der Waals surface area contributed by atoms with E-state index in [1.807, 2.05) is 113 Å². The quantitative estimate of drug-likeness (QED) is 0.113. The minimum Gasteiger partial charge on any atom is -0.534 e. The number of carbonyl (C=O) groups excluding carboxylic acids is 1. The minimum absolute atomic E-state index is 0.0757. The van der Waals surface area contributed by atoms with Gasteiger partial charge in [-0.1, -0.05) is 162 Å². The van der Waals surface area contributed by atoms with Gasteiger partial charge in [-0.2, -0.15) is 0 Å². The molecule has 0 heterocycles. The Morgan fingerprint density at radius 3 is 1.76 bits per heavy atom. The molecule has 2 N–H and O–H groups in total. The summed E-state index contributed by atoms with van der Waals surface area (Å²) < 4.78 is 19.6. The summed E-state index contributed by atoms with van der Waals surface area (Å²) in [4.78, 5) is 26.4. The van der Waals surface area contributed by atoms with Gasteiger partial charge in [-0.05, 0) is 86.4 Å². The second-order valence-electron chi connectivity index (χ2n) is 17.1. The van der Waals surface area contributed by atoms with Crippen molar-refractivity contribution in [1.82, 2.24) is 5.32 Å². The monoisotopic (exact) mass is 803 g/mol. The normalized spacial score (nSPS) is 13.2. The summed E-state index contributed by atoms with van der Waals surface area (Å²) in [5.74, 6) is 0.00626. The lowest BCUT2D eigenvalue weighted by Crippen LogP contribution is -2.68. The summed E-state index contributed by atoms with van der Waals surface area (Å²) in [5, 5.41) is 15.5. The van der Waals surface area contributed by atoms with Crippen molar-refractivity contribution in [3.05, 3.63) is 179 Å². The summed E-state index contributed by atoms with van der Waals surface area (Å²) in [7, 11) is -2.81. The second kappa shape index (κ2) is 16.6. The van der Waals surface area contributed by atoms with E-state index in [0.29, 0.717) is 11.3 Å². The molecule has 8 heteroatoms. The molecule has 0 unspecified atom stereocenters. The molecule has 7 rings (SSSR count). The van der Waals surface area contributed by atoms with Crippen LogP contribution in [-0.4, -0.2) is 38.1 Å². The predicted octanol–water partition coefficient (Wildman–Crippen LogP) is 10.1. The van der Waals surface area contributed by atoms with Crippen LogP contribution in [0.2, 0.25) is 5.04 Å². The fourth-order valence-corrected chi connectivity index (χ4v) is 13.4. The Hall–Kier alpha value is -6.12. The van der Waals surface area contributed by atoms with Gasteiger partial charge < -0.3 is 24.3 Å². The van der Waals surface area contributed by atoms with Crippen LogP contribution >= 0.6 is 0 Å². The maximum Gasteiger partial charge on any atom is 0.407 e. The third kappa shape index (κ3) is 8.14. The lowest BCUT2D eigenvalue weighted by Gasteiger charge is -2.43. The van der Waals surface area contributed by atoms with Gasteiger partial charge in [0.2, 0.25) is 0 Å². The predicted molar refractivity (Wildman–Crippen MR) is 238 cm³/mol. The molecule has 302 valence electrons.